The minimum absolute atomic E-state index is 0.173. The first-order valence-electron chi connectivity index (χ1n) is 6.61. The number of nitrogens with two attached hydrogens (primary N) is 1. The van der Waals surface area contributed by atoms with Crippen LogP contribution in [0.1, 0.15) is 29.2 Å². The molecule has 0 fully saturated rings. The maximum absolute atomic E-state index is 6.35. The van der Waals surface area contributed by atoms with Gasteiger partial charge in [0.15, 0.2) is 0 Å². The predicted molar refractivity (Wildman–Crippen MR) is 85.4 cm³/mol. The molecule has 2 nitrogen and oxygen atoms in total. The van der Waals surface area contributed by atoms with Crippen molar-refractivity contribution in [2.45, 2.75) is 18.9 Å². The third-order valence-corrected chi connectivity index (χ3v) is 4.83. The first kappa shape index (κ1) is 13.9. The van der Waals surface area contributed by atoms with E-state index in [4.69, 9.17) is 22.1 Å². The fourth-order valence-corrected chi connectivity index (χ4v) is 2.91. The van der Waals surface area contributed by atoms with Crippen molar-refractivity contribution < 1.29 is 4.74 Å². The zero-order valence-electron chi connectivity index (χ0n) is 10.9. The standard InChI is InChI=1S/C16H15BrClNO/c17-13-5-3-12(9-14(13)18)16(19)11-4-6-15-10(8-11)2-1-7-20-15/h3-6,8-9,16H,1-2,7,19H2. The number of benzene rings is 2. The molecule has 1 unspecified atom stereocenters. The molecule has 0 bridgehead atoms. The molecule has 0 amide bonds. The van der Waals surface area contributed by atoms with E-state index in [1.54, 1.807) is 0 Å². The molecule has 0 aliphatic carbocycles. The first-order valence-corrected chi connectivity index (χ1v) is 7.78. The molecular weight excluding hydrogens is 338 g/mol. The van der Waals surface area contributed by atoms with Crippen molar-refractivity contribution in [3.63, 3.8) is 0 Å². The molecular formula is C16H15BrClNO. The van der Waals surface area contributed by atoms with Crippen LogP contribution in [-0.2, 0) is 6.42 Å². The fourth-order valence-electron chi connectivity index (χ4n) is 2.47. The van der Waals surface area contributed by atoms with Crippen molar-refractivity contribution in [3.05, 3.63) is 62.6 Å². The summed E-state index contributed by atoms with van der Waals surface area (Å²) in [6.07, 6.45) is 2.12. The van der Waals surface area contributed by atoms with Crippen LogP contribution in [0.3, 0.4) is 0 Å². The average Bonchev–Trinajstić information content (AvgIpc) is 2.49. The first-order chi connectivity index (χ1) is 9.65. The van der Waals surface area contributed by atoms with Gasteiger partial charge in [0.05, 0.1) is 17.7 Å². The lowest BCUT2D eigenvalue weighted by Gasteiger charge is -2.20. The van der Waals surface area contributed by atoms with E-state index in [0.717, 1.165) is 40.8 Å². The highest BCUT2D eigenvalue weighted by molar-refractivity contribution is 9.10. The zero-order valence-corrected chi connectivity index (χ0v) is 13.2. The summed E-state index contributed by atoms with van der Waals surface area (Å²) in [5.41, 5.74) is 9.70. The lowest BCUT2D eigenvalue weighted by molar-refractivity contribution is 0.288. The maximum atomic E-state index is 6.35. The molecule has 3 rings (SSSR count). The van der Waals surface area contributed by atoms with Crippen LogP contribution in [-0.4, -0.2) is 6.61 Å². The summed E-state index contributed by atoms with van der Waals surface area (Å²) in [6.45, 7) is 0.806. The van der Waals surface area contributed by atoms with Gasteiger partial charge in [-0.05, 0) is 63.7 Å². The van der Waals surface area contributed by atoms with E-state index in [1.165, 1.54) is 5.56 Å². The SMILES string of the molecule is NC(c1ccc(Br)c(Cl)c1)c1ccc2c(c1)CCCO2. The Morgan fingerprint density at radius 2 is 1.90 bits per heavy atom. The minimum atomic E-state index is -0.173. The maximum Gasteiger partial charge on any atom is 0.122 e. The van der Waals surface area contributed by atoms with Gasteiger partial charge in [0.25, 0.3) is 0 Å². The molecule has 0 radical (unpaired) electrons. The molecule has 0 saturated heterocycles. The Morgan fingerprint density at radius 3 is 2.70 bits per heavy atom. The second kappa shape index (κ2) is 5.76. The van der Waals surface area contributed by atoms with Crippen molar-refractivity contribution in [2.24, 2.45) is 5.73 Å². The van der Waals surface area contributed by atoms with Gasteiger partial charge in [-0.1, -0.05) is 29.8 Å². The molecule has 0 spiro atoms. The second-order valence-electron chi connectivity index (χ2n) is 4.97. The fraction of sp³-hybridized carbons (Fsp3) is 0.250. The van der Waals surface area contributed by atoms with Gasteiger partial charge in [-0.25, -0.2) is 0 Å². The summed E-state index contributed by atoms with van der Waals surface area (Å²) in [5.74, 6) is 0.987. The molecule has 2 N–H and O–H groups in total. The molecule has 0 aromatic heterocycles. The Hall–Kier alpha value is -1.03. The lowest BCUT2D eigenvalue weighted by atomic mass is 9.95. The van der Waals surface area contributed by atoms with E-state index in [-0.39, 0.29) is 6.04 Å². The molecule has 1 heterocycles. The van der Waals surface area contributed by atoms with E-state index < -0.39 is 0 Å². The molecule has 4 heteroatoms. The smallest absolute Gasteiger partial charge is 0.122 e. The topological polar surface area (TPSA) is 35.2 Å². The van der Waals surface area contributed by atoms with E-state index in [1.807, 2.05) is 30.3 Å². The van der Waals surface area contributed by atoms with Gasteiger partial charge in [0.2, 0.25) is 0 Å². The van der Waals surface area contributed by atoms with E-state index in [0.29, 0.717) is 5.02 Å². The molecule has 104 valence electrons. The van der Waals surface area contributed by atoms with Crippen molar-refractivity contribution in [1.82, 2.24) is 0 Å². The van der Waals surface area contributed by atoms with Crippen LogP contribution in [0.15, 0.2) is 40.9 Å². The highest BCUT2D eigenvalue weighted by atomic mass is 79.9. The molecule has 1 atom stereocenters. The Morgan fingerprint density at radius 1 is 1.15 bits per heavy atom. The van der Waals surface area contributed by atoms with Crippen LogP contribution < -0.4 is 10.5 Å². The third kappa shape index (κ3) is 2.71. The lowest BCUT2D eigenvalue weighted by Crippen LogP contribution is -2.14. The molecule has 1 aliphatic rings. The number of fused-ring (bicyclic) bond motifs is 1. The van der Waals surface area contributed by atoms with Crippen molar-refractivity contribution in [1.29, 1.82) is 0 Å². The van der Waals surface area contributed by atoms with Crippen LogP contribution in [0.5, 0.6) is 5.75 Å². The minimum Gasteiger partial charge on any atom is -0.493 e. The number of ether oxygens (including phenoxy) is 1. The van der Waals surface area contributed by atoms with Gasteiger partial charge in [0, 0.05) is 4.47 Å². The number of halogens is 2. The van der Waals surface area contributed by atoms with Crippen LogP contribution in [0.4, 0.5) is 0 Å². The molecule has 20 heavy (non-hydrogen) atoms. The third-order valence-electron chi connectivity index (χ3n) is 3.59. The summed E-state index contributed by atoms with van der Waals surface area (Å²) in [6, 6.07) is 11.9. The normalized spacial score (nSPS) is 15.3. The Labute approximate surface area is 132 Å². The second-order valence-corrected chi connectivity index (χ2v) is 6.23. The Bertz CT molecular complexity index is 644. The Kier molecular flexibility index (Phi) is 4.01. The van der Waals surface area contributed by atoms with E-state index in [9.17, 15) is 0 Å². The summed E-state index contributed by atoms with van der Waals surface area (Å²) < 4.78 is 6.51. The average molecular weight is 353 g/mol. The van der Waals surface area contributed by atoms with Crippen LogP contribution in [0.2, 0.25) is 5.02 Å². The summed E-state index contributed by atoms with van der Waals surface area (Å²) in [7, 11) is 0. The monoisotopic (exact) mass is 351 g/mol. The van der Waals surface area contributed by atoms with Gasteiger partial charge in [-0.3, -0.25) is 0 Å². The van der Waals surface area contributed by atoms with Crippen LogP contribution in [0.25, 0.3) is 0 Å². The molecule has 0 saturated carbocycles. The highest BCUT2D eigenvalue weighted by Crippen LogP contribution is 2.31. The zero-order chi connectivity index (χ0) is 14.1. The van der Waals surface area contributed by atoms with Gasteiger partial charge < -0.3 is 10.5 Å². The number of hydrogen-bond acceptors (Lipinski definition) is 2. The number of hydrogen-bond donors (Lipinski definition) is 1. The van der Waals surface area contributed by atoms with Crippen molar-refractivity contribution in [3.8, 4) is 5.75 Å². The van der Waals surface area contributed by atoms with Gasteiger partial charge in [-0.2, -0.15) is 0 Å². The van der Waals surface area contributed by atoms with Crippen molar-refractivity contribution in [2.75, 3.05) is 6.61 Å². The highest BCUT2D eigenvalue weighted by Gasteiger charge is 2.15. The van der Waals surface area contributed by atoms with Gasteiger partial charge >= 0.3 is 0 Å². The van der Waals surface area contributed by atoms with Gasteiger partial charge in [0.1, 0.15) is 5.75 Å². The Balaban J connectivity index is 1.93. The van der Waals surface area contributed by atoms with E-state index in [2.05, 4.69) is 22.0 Å². The largest absolute Gasteiger partial charge is 0.493 e. The number of rotatable bonds is 2. The quantitative estimate of drug-likeness (QED) is 0.865. The summed E-state index contributed by atoms with van der Waals surface area (Å²) >= 11 is 9.53. The predicted octanol–water partition coefficient (Wildman–Crippen LogP) is 4.48. The number of aryl methyl sites for hydroxylation is 1. The van der Waals surface area contributed by atoms with Crippen LogP contribution in [0, 0.1) is 0 Å². The summed E-state index contributed by atoms with van der Waals surface area (Å²) in [4.78, 5) is 0. The summed E-state index contributed by atoms with van der Waals surface area (Å²) in [5, 5.41) is 0.680. The van der Waals surface area contributed by atoms with E-state index >= 15 is 0 Å². The van der Waals surface area contributed by atoms with Crippen molar-refractivity contribution >= 4 is 27.5 Å². The molecule has 2 aromatic carbocycles. The molecule has 1 aliphatic heterocycles. The van der Waals surface area contributed by atoms with Crippen LogP contribution >= 0.6 is 27.5 Å². The van der Waals surface area contributed by atoms with Gasteiger partial charge in [-0.15, -0.1) is 0 Å². The molecule has 2 aromatic rings.